The maximum absolute atomic E-state index is 13.3. The molecule has 0 aliphatic carbocycles. The molecule has 6 heteroatoms. The quantitative estimate of drug-likeness (QED) is 0.682. The van der Waals surface area contributed by atoms with E-state index in [2.05, 4.69) is 5.32 Å². The number of fused-ring (bicyclic) bond motifs is 3. The average Bonchev–Trinajstić information content (AvgIpc) is 3.03. The number of Topliss-reactive ketones (excluding diaryl/α,β-unsaturated/α-hetero) is 1. The van der Waals surface area contributed by atoms with Crippen LogP contribution in [0.1, 0.15) is 58.7 Å². The lowest BCUT2D eigenvalue weighted by Gasteiger charge is -2.35. The SMILES string of the molecule is CCCNC(=O)c1oc2ccc3c(c2c1C)C(=O)CC(C)(c1ccc(F)cc1)O3. The number of ether oxygens (including phenoxy) is 1. The smallest absolute Gasteiger partial charge is 0.287 e. The van der Waals surface area contributed by atoms with Crippen LogP contribution >= 0.6 is 0 Å². The fourth-order valence-corrected chi connectivity index (χ4v) is 3.86. The normalized spacial score (nSPS) is 18.4. The minimum Gasteiger partial charge on any atom is -0.482 e. The number of ketones is 1. The van der Waals surface area contributed by atoms with E-state index in [1.165, 1.54) is 12.1 Å². The van der Waals surface area contributed by atoms with Crippen molar-refractivity contribution in [3.05, 3.63) is 64.7 Å². The Kier molecular flexibility index (Phi) is 4.65. The third-order valence-electron chi connectivity index (χ3n) is 5.37. The fraction of sp³-hybridized carbons (Fsp3) is 0.304. The van der Waals surface area contributed by atoms with Gasteiger partial charge in [0.2, 0.25) is 0 Å². The molecular formula is C23H22FNO4. The van der Waals surface area contributed by atoms with E-state index in [4.69, 9.17) is 9.15 Å². The first-order valence-corrected chi connectivity index (χ1v) is 9.66. The van der Waals surface area contributed by atoms with Crippen LogP contribution in [0.15, 0.2) is 40.8 Å². The number of hydrogen-bond acceptors (Lipinski definition) is 4. The predicted octanol–water partition coefficient (Wildman–Crippen LogP) is 4.90. The molecule has 2 heterocycles. The summed E-state index contributed by atoms with van der Waals surface area (Å²) in [6, 6.07) is 9.37. The van der Waals surface area contributed by atoms with Crippen LogP contribution in [0.2, 0.25) is 0 Å². The van der Waals surface area contributed by atoms with E-state index >= 15 is 0 Å². The summed E-state index contributed by atoms with van der Waals surface area (Å²) in [7, 11) is 0. The van der Waals surface area contributed by atoms with Gasteiger partial charge in [-0.05, 0) is 50.1 Å². The lowest BCUT2D eigenvalue weighted by molar-refractivity contribution is 0.0507. The molecule has 4 rings (SSSR count). The van der Waals surface area contributed by atoms with Gasteiger partial charge in [0.05, 0.1) is 12.0 Å². The van der Waals surface area contributed by atoms with Crippen molar-refractivity contribution in [2.75, 3.05) is 6.54 Å². The highest BCUT2D eigenvalue weighted by Crippen LogP contribution is 2.44. The number of halogens is 1. The number of hydrogen-bond donors (Lipinski definition) is 1. The molecule has 1 N–H and O–H groups in total. The van der Waals surface area contributed by atoms with Crippen molar-refractivity contribution >= 4 is 22.7 Å². The Balaban J connectivity index is 1.79. The highest BCUT2D eigenvalue weighted by molar-refractivity contribution is 6.13. The molecule has 1 amide bonds. The van der Waals surface area contributed by atoms with Gasteiger partial charge in [0.25, 0.3) is 5.91 Å². The average molecular weight is 395 g/mol. The number of nitrogens with one attached hydrogen (secondary N) is 1. The predicted molar refractivity (Wildman–Crippen MR) is 107 cm³/mol. The minimum absolute atomic E-state index is 0.104. The Morgan fingerprint density at radius 3 is 2.62 bits per heavy atom. The summed E-state index contributed by atoms with van der Waals surface area (Å²) in [5, 5.41) is 3.41. The van der Waals surface area contributed by atoms with Crippen LogP contribution in [-0.4, -0.2) is 18.2 Å². The van der Waals surface area contributed by atoms with Crippen LogP contribution in [0, 0.1) is 12.7 Å². The van der Waals surface area contributed by atoms with Gasteiger partial charge in [-0.2, -0.15) is 0 Å². The topological polar surface area (TPSA) is 68.5 Å². The molecular weight excluding hydrogens is 373 g/mol. The summed E-state index contributed by atoms with van der Waals surface area (Å²) >= 11 is 0. The van der Waals surface area contributed by atoms with E-state index in [0.29, 0.717) is 34.4 Å². The van der Waals surface area contributed by atoms with E-state index in [0.717, 1.165) is 12.0 Å². The van der Waals surface area contributed by atoms with Crippen LogP contribution in [0.3, 0.4) is 0 Å². The molecule has 0 fully saturated rings. The monoisotopic (exact) mass is 395 g/mol. The standard InChI is InChI=1S/C23H22FNO4/c1-4-11-25-22(27)21-13(2)19-17(28-21)9-10-18-20(19)16(26)12-23(3,29-18)14-5-7-15(24)8-6-14/h5-10H,4,11-12H2,1-3H3,(H,25,27). The molecule has 1 aliphatic heterocycles. The maximum Gasteiger partial charge on any atom is 0.287 e. The molecule has 1 unspecified atom stereocenters. The molecule has 0 spiro atoms. The molecule has 0 saturated heterocycles. The minimum atomic E-state index is -0.898. The zero-order chi connectivity index (χ0) is 20.8. The van der Waals surface area contributed by atoms with Gasteiger partial charge in [0.1, 0.15) is 22.8 Å². The van der Waals surface area contributed by atoms with Gasteiger partial charge in [-0.15, -0.1) is 0 Å². The number of aryl methyl sites for hydroxylation is 1. The number of carbonyl (C=O) groups excluding carboxylic acids is 2. The van der Waals surface area contributed by atoms with Crippen molar-refractivity contribution in [3.63, 3.8) is 0 Å². The van der Waals surface area contributed by atoms with Gasteiger partial charge in [-0.3, -0.25) is 9.59 Å². The Bertz CT molecular complexity index is 1120. The van der Waals surface area contributed by atoms with Gasteiger partial charge in [-0.25, -0.2) is 4.39 Å². The van der Waals surface area contributed by atoms with Crippen molar-refractivity contribution in [3.8, 4) is 5.75 Å². The molecule has 2 aromatic carbocycles. The third-order valence-corrected chi connectivity index (χ3v) is 5.37. The maximum atomic E-state index is 13.3. The van der Waals surface area contributed by atoms with Gasteiger partial charge in [-0.1, -0.05) is 19.1 Å². The first kappa shape index (κ1) is 19.2. The molecule has 1 aromatic heterocycles. The Hall–Kier alpha value is -3.15. The number of rotatable bonds is 4. The molecule has 0 bridgehead atoms. The summed E-state index contributed by atoms with van der Waals surface area (Å²) in [6.07, 6.45) is 0.918. The second-order valence-corrected chi connectivity index (χ2v) is 7.56. The molecule has 1 aliphatic rings. The molecule has 29 heavy (non-hydrogen) atoms. The van der Waals surface area contributed by atoms with Crippen LogP contribution < -0.4 is 10.1 Å². The van der Waals surface area contributed by atoms with Crippen LogP contribution in [0.25, 0.3) is 11.0 Å². The highest BCUT2D eigenvalue weighted by atomic mass is 19.1. The number of furan rings is 1. The largest absolute Gasteiger partial charge is 0.482 e. The Morgan fingerprint density at radius 2 is 1.93 bits per heavy atom. The van der Waals surface area contributed by atoms with Crippen molar-refractivity contribution in [1.82, 2.24) is 5.32 Å². The van der Waals surface area contributed by atoms with Crippen molar-refractivity contribution in [1.29, 1.82) is 0 Å². The summed E-state index contributed by atoms with van der Waals surface area (Å²) in [5.74, 6) is -0.0984. The van der Waals surface area contributed by atoms with Gasteiger partial charge in [0.15, 0.2) is 11.5 Å². The number of carbonyl (C=O) groups is 2. The Labute approximate surface area is 167 Å². The summed E-state index contributed by atoms with van der Waals surface area (Å²) in [5.41, 5.74) is 1.35. The van der Waals surface area contributed by atoms with Crippen LogP contribution in [0.4, 0.5) is 4.39 Å². The molecule has 0 radical (unpaired) electrons. The van der Waals surface area contributed by atoms with Gasteiger partial charge >= 0.3 is 0 Å². The van der Waals surface area contributed by atoms with Crippen molar-refractivity contribution in [2.24, 2.45) is 0 Å². The lowest BCUT2D eigenvalue weighted by Crippen LogP contribution is -2.36. The first-order valence-electron chi connectivity index (χ1n) is 9.66. The van der Waals surface area contributed by atoms with Gasteiger partial charge < -0.3 is 14.5 Å². The van der Waals surface area contributed by atoms with E-state index < -0.39 is 5.60 Å². The van der Waals surface area contributed by atoms with E-state index in [1.807, 2.05) is 13.8 Å². The zero-order valence-corrected chi connectivity index (χ0v) is 16.6. The first-order chi connectivity index (χ1) is 13.8. The van der Waals surface area contributed by atoms with Crippen LogP contribution in [0.5, 0.6) is 5.75 Å². The molecule has 150 valence electrons. The van der Waals surface area contributed by atoms with E-state index in [9.17, 15) is 14.0 Å². The number of benzene rings is 2. The lowest BCUT2D eigenvalue weighted by atomic mass is 9.84. The van der Waals surface area contributed by atoms with Crippen molar-refractivity contribution < 1.29 is 23.1 Å². The second kappa shape index (κ2) is 7.03. The number of amides is 1. The summed E-state index contributed by atoms with van der Waals surface area (Å²) in [6.45, 7) is 6.10. The van der Waals surface area contributed by atoms with E-state index in [1.54, 1.807) is 31.2 Å². The van der Waals surface area contributed by atoms with Crippen molar-refractivity contribution in [2.45, 2.75) is 39.2 Å². The summed E-state index contributed by atoms with van der Waals surface area (Å²) < 4.78 is 25.3. The highest BCUT2D eigenvalue weighted by Gasteiger charge is 2.40. The zero-order valence-electron chi connectivity index (χ0n) is 16.6. The van der Waals surface area contributed by atoms with E-state index in [-0.39, 0.29) is 29.7 Å². The second-order valence-electron chi connectivity index (χ2n) is 7.56. The van der Waals surface area contributed by atoms with Gasteiger partial charge in [0, 0.05) is 17.5 Å². The molecule has 3 aromatic rings. The summed E-state index contributed by atoms with van der Waals surface area (Å²) in [4.78, 5) is 25.6. The third kappa shape index (κ3) is 3.18. The molecule has 5 nitrogen and oxygen atoms in total. The van der Waals surface area contributed by atoms with Crippen LogP contribution in [-0.2, 0) is 5.60 Å². The fourth-order valence-electron chi connectivity index (χ4n) is 3.86. The molecule has 0 saturated carbocycles. The Morgan fingerprint density at radius 1 is 1.21 bits per heavy atom. The molecule has 1 atom stereocenters.